The van der Waals surface area contributed by atoms with E-state index in [0.29, 0.717) is 12.4 Å². The molecule has 3 N–H and O–H groups in total. The molecule has 0 saturated heterocycles. The monoisotopic (exact) mass is 293 g/mol. The third kappa shape index (κ3) is 3.16. The molecule has 0 aliphatic heterocycles. The van der Waals surface area contributed by atoms with E-state index < -0.39 is 18.3 Å². The van der Waals surface area contributed by atoms with Gasteiger partial charge in [0.05, 0.1) is 13.2 Å². The smallest absolute Gasteiger partial charge is 0.422 e. The highest BCUT2D eigenvalue weighted by molar-refractivity contribution is 5.45. The standard InChI is InChI=1S/C13H18F3NO3/c1-3-19-10-6-5-9(7-11(10)20-4-2)12(18,8-17)13(14,15)16/h5-7,18H,3-4,8,17H2,1-2H3. The molecular formula is C13H18F3NO3. The fourth-order valence-electron chi connectivity index (χ4n) is 1.71. The molecule has 0 fully saturated rings. The third-order valence-corrected chi connectivity index (χ3v) is 2.79. The fraction of sp³-hybridized carbons (Fsp3) is 0.538. The van der Waals surface area contributed by atoms with Crippen molar-refractivity contribution in [3.05, 3.63) is 23.8 Å². The minimum Gasteiger partial charge on any atom is -0.490 e. The van der Waals surface area contributed by atoms with Gasteiger partial charge in [-0.3, -0.25) is 0 Å². The lowest BCUT2D eigenvalue weighted by atomic mass is 9.93. The molecule has 0 radical (unpaired) electrons. The quantitative estimate of drug-likeness (QED) is 0.844. The first-order chi connectivity index (χ1) is 9.30. The average Bonchev–Trinajstić information content (AvgIpc) is 2.39. The van der Waals surface area contributed by atoms with Crippen molar-refractivity contribution in [2.24, 2.45) is 5.73 Å². The van der Waals surface area contributed by atoms with Gasteiger partial charge >= 0.3 is 6.18 Å². The van der Waals surface area contributed by atoms with E-state index in [1.165, 1.54) is 6.07 Å². The minimum absolute atomic E-state index is 0.142. The molecule has 0 aliphatic rings. The number of ether oxygens (including phenoxy) is 2. The van der Waals surface area contributed by atoms with Gasteiger partial charge in [-0.05, 0) is 31.5 Å². The van der Waals surface area contributed by atoms with E-state index in [9.17, 15) is 18.3 Å². The van der Waals surface area contributed by atoms with Crippen molar-refractivity contribution in [2.45, 2.75) is 25.6 Å². The van der Waals surface area contributed by atoms with E-state index in [-0.39, 0.29) is 17.9 Å². The predicted molar refractivity (Wildman–Crippen MR) is 67.8 cm³/mol. The van der Waals surface area contributed by atoms with Crippen LogP contribution in [0.15, 0.2) is 18.2 Å². The molecule has 4 nitrogen and oxygen atoms in total. The van der Waals surface area contributed by atoms with Crippen molar-refractivity contribution in [1.29, 1.82) is 0 Å². The van der Waals surface area contributed by atoms with Gasteiger partial charge < -0.3 is 20.3 Å². The predicted octanol–water partition coefficient (Wildman–Crippen LogP) is 2.19. The molecule has 1 aromatic rings. The molecule has 114 valence electrons. The molecule has 1 unspecified atom stereocenters. The second-order valence-corrected chi connectivity index (χ2v) is 4.09. The topological polar surface area (TPSA) is 64.7 Å². The van der Waals surface area contributed by atoms with Crippen LogP contribution in [-0.2, 0) is 5.60 Å². The normalized spacial score (nSPS) is 14.8. The van der Waals surface area contributed by atoms with E-state index in [0.717, 1.165) is 12.1 Å². The van der Waals surface area contributed by atoms with Gasteiger partial charge in [0, 0.05) is 6.54 Å². The molecule has 0 spiro atoms. The Morgan fingerprint density at radius 2 is 1.65 bits per heavy atom. The van der Waals surface area contributed by atoms with Crippen LogP contribution in [0.1, 0.15) is 19.4 Å². The van der Waals surface area contributed by atoms with Crippen LogP contribution in [0.3, 0.4) is 0 Å². The van der Waals surface area contributed by atoms with Crippen molar-refractivity contribution >= 4 is 0 Å². The summed E-state index contributed by atoms with van der Waals surface area (Å²) in [7, 11) is 0. The molecule has 20 heavy (non-hydrogen) atoms. The highest BCUT2D eigenvalue weighted by atomic mass is 19.4. The van der Waals surface area contributed by atoms with Crippen LogP contribution >= 0.6 is 0 Å². The Bertz CT molecular complexity index is 451. The fourth-order valence-corrected chi connectivity index (χ4v) is 1.71. The number of benzene rings is 1. The van der Waals surface area contributed by atoms with Crippen molar-refractivity contribution < 1.29 is 27.8 Å². The number of halogens is 3. The van der Waals surface area contributed by atoms with E-state index in [2.05, 4.69) is 0 Å². The van der Waals surface area contributed by atoms with Crippen molar-refractivity contribution in [1.82, 2.24) is 0 Å². The van der Waals surface area contributed by atoms with Gasteiger partial charge in [-0.1, -0.05) is 6.07 Å². The van der Waals surface area contributed by atoms with Gasteiger partial charge in [-0.2, -0.15) is 13.2 Å². The summed E-state index contributed by atoms with van der Waals surface area (Å²) < 4.78 is 49.4. The summed E-state index contributed by atoms with van der Waals surface area (Å²) in [5.41, 5.74) is 1.62. The molecule has 0 saturated carbocycles. The second-order valence-electron chi connectivity index (χ2n) is 4.09. The average molecular weight is 293 g/mol. The van der Waals surface area contributed by atoms with Crippen molar-refractivity contribution in [3.8, 4) is 11.5 Å². The lowest BCUT2D eigenvalue weighted by molar-refractivity contribution is -0.262. The first-order valence-corrected chi connectivity index (χ1v) is 6.19. The molecule has 0 aromatic heterocycles. The number of hydrogen-bond acceptors (Lipinski definition) is 4. The Kier molecular flexibility index (Phi) is 5.24. The summed E-state index contributed by atoms with van der Waals surface area (Å²) in [5.74, 6) is 0.461. The Labute approximate surface area is 115 Å². The zero-order chi connectivity index (χ0) is 15.4. The van der Waals surface area contributed by atoms with Crippen LogP contribution in [0.4, 0.5) is 13.2 Å². The van der Waals surface area contributed by atoms with E-state index in [1.807, 2.05) is 0 Å². The second kappa shape index (κ2) is 6.32. The van der Waals surface area contributed by atoms with Crippen LogP contribution in [-0.4, -0.2) is 31.0 Å². The Balaban J connectivity index is 3.28. The Morgan fingerprint density at radius 3 is 2.10 bits per heavy atom. The summed E-state index contributed by atoms with van der Waals surface area (Å²) in [6, 6.07) is 3.57. The van der Waals surface area contributed by atoms with Crippen LogP contribution in [0.2, 0.25) is 0 Å². The molecule has 7 heteroatoms. The Hall–Kier alpha value is -1.47. The molecule has 1 aromatic carbocycles. The lowest BCUT2D eigenvalue weighted by Gasteiger charge is -2.30. The number of aliphatic hydroxyl groups is 1. The SMILES string of the molecule is CCOc1ccc(C(O)(CN)C(F)(F)F)cc1OCC. The van der Waals surface area contributed by atoms with Crippen LogP contribution in [0.5, 0.6) is 11.5 Å². The number of nitrogens with two attached hydrogens (primary N) is 1. The van der Waals surface area contributed by atoms with Gasteiger partial charge in [0.15, 0.2) is 17.1 Å². The summed E-state index contributed by atoms with van der Waals surface area (Å²) in [5, 5.41) is 9.79. The highest BCUT2D eigenvalue weighted by Crippen LogP contribution is 2.41. The molecule has 1 rings (SSSR count). The van der Waals surface area contributed by atoms with E-state index >= 15 is 0 Å². The largest absolute Gasteiger partial charge is 0.490 e. The third-order valence-electron chi connectivity index (χ3n) is 2.79. The first kappa shape index (κ1) is 16.6. The number of rotatable bonds is 6. The number of alkyl halides is 3. The van der Waals surface area contributed by atoms with Gasteiger partial charge in [-0.25, -0.2) is 0 Å². The maximum absolute atomic E-state index is 13.0. The van der Waals surface area contributed by atoms with Gasteiger partial charge in [0.25, 0.3) is 0 Å². The minimum atomic E-state index is -4.88. The summed E-state index contributed by atoms with van der Waals surface area (Å²) in [6.45, 7) is 3.07. The molecule has 0 bridgehead atoms. The molecule has 1 atom stereocenters. The lowest BCUT2D eigenvalue weighted by Crippen LogP contribution is -2.48. The van der Waals surface area contributed by atoms with Crippen molar-refractivity contribution in [2.75, 3.05) is 19.8 Å². The Morgan fingerprint density at radius 1 is 1.10 bits per heavy atom. The van der Waals surface area contributed by atoms with Crippen LogP contribution < -0.4 is 15.2 Å². The van der Waals surface area contributed by atoms with Gasteiger partial charge in [0.2, 0.25) is 0 Å². The first-order valence-electron chi connectivity index (χ1n) is 6.19. The maximum Gasteiger partial charge on any atom is 0.422 e. The highest BCUT2D eigenvalue weighted by Gasteiger charge is 2.54. The summed E-state index contributed by atoms with van der Waals surface area (Å²) in [6.07, 6.45) is -4.88. The summed E-state index contributed by atoms with van der Waals surface area (Å²) >= 11 is 0. The summed E-state index contributed by atoms with van der Waals surface area (Å²) in [4.78, 5) is 0. The molecule has 0 aliphatic carbocycles. The zero-order valence-electron chi connectivity index (χ0n) is 11.3. The van der Waals surface area contributed by atoms with Crippen LogP contribution in [0.25, 0.3) is 0 Å². The zero-order valence-corrected chi connectivity index (χ0v) is 11.3. The molecular weight excluding hydrogens is 275 g/mol. The molecule has 0 heterocycles. The van der Waals surface area contributed by atoms with Gasteiger partial charge in [-0.15, -0.1) is 0 Å². The molecule has 0 amide bonds. The van der Waals surface area contributed by atoms with Gasteiger partial charge in [0.1, 0.15) is 0 Å². The maximum atomic E-state index is 13.0. The number of hydrogen-bond donors (Lipinski definition) is 2. The van der Waals surface area contributed by atoms with E-state index in [1.54, 1.807) is 13.8 Å². The van der Waals surface area contributed by atoms with E-state index in [4.69, 9.17) is 15.2 Å². The van der Waals surface area contributed by atoms with Crippen LogP contribution in [0, 0.1) is 0 Å². The van der Waals surface area contributed by atoms with Crippen molar-refractivity contribution in [3.63, 3.8) is 0 Å².